The Hall–Kier alpha value is -2.73. The Morgan fingerprint density at radius 1 is 1.08 bits per heavy atom. The zero-order chi connectivity index (χ0) is 18.4. The second kappa shape index (κ2) is 8.39. The summed E-state index contributed by atoms with van der Waals surface area (Å²) in [7, 11) is 1.51. The fraction of sp³-hybridized carbons (Fsp3) is 0.222. The van der Waals surface area contributed by atoms with Crippen LogP contribution >= 0.6 is 11.6 Å². The number of methoxy groups -OCH3 is 1. The summed E-state index contributed by atoms with van der Waals surface area (Å²) in [4.78, 5) is 23.4. The van der Waals surface area contributed by atoms with Crippen LogP contribution < -0.4 is 20.7 Å². The maximum Gasteiger partial charge on any atom is 0.243 e. The molecule has 0 heterocycles. The van der Waals surface area contributed by atoms with Crippen LogP contribution in [0.2, 0.25) is 5.02 Å². The molecule has 0 aromatic heterocycles. The molecule has 132 valence electrons. The van der Waals surface area contributed by atoms with Gasteiger partial charge in [0.05, 0.1) is 30.1 Å². The summed E-state index contributed by atoms with van der Waals surface area (Å²) in [5.74, 6) is 0.0314. The van der Waals surface area contributed by atoms with Gasteiger partial charge in [-0.15, -0.1) is 0 Å². The molecule has 0 aliphatic heterocycles. The predicted molar refractivity (Wildman–Crippen MR) is 101 cm³/mol. The lowest BCUT2D eigenvalue weighted by Gasteiger charge is -2.13. The zero-order valence-electron chi connectivity index (χ0n) is 14.3. The molecule has 0 fully saturated rings. The van der Waals surface area contributed by atoms with Crippen LogP contribution in [0.15, 0.2) is 36.4 Å². The van der Waals surface area contributed by atoms with E-state index in [1.807, 2.05) is 25.1 Å². The minimum Gasteiger partial charge on any atom is -0.495 e. The number of ether oxygens (including phenoxy) is 1. The lowest BCUT2D eigenvalue weighted by molar-refractivity contribution is -0.115. The second-order valence-electron chi connectivity index (χ2n) is 5.48. The monoisotopic (exact) mass is 361 g/mol. The molecular weight excluding hydrogens is 342 g/mol. The molecule has 0 spiro atoms. The molecule has 2 rings (SSSR count). The van der Waals surface area contributed by atoms with Crippen LogP contribution in [0, 0.1) is 6.92 Å². The fourth-order valence-corrected chi connectivity index (χ4v) is 2.52. The van der Waals surface area contributed by atoms with Crippen molar-refractivity contribution in [3.63, 3.8) is 0 Å². The minimum absolute atomic E-state index is 0.0380. The fourth-order valence-electron chi connectivity index (χ4n) is 2.22. The number of halogens is 1. The average Bonchev–Trinajstić information content (AvgIpc) is 2.54. The molecule has 25 heavy (non-hydrogen) atoms. The van der Waals surface area contributed by atoms with Crippen molar-refractivity contribution in [2.45, 2.75) is 13.8 Å². The highest BCUT2D eigenvalue weighted by molar-refractivity contribution is 6.33. The van der Waals surface area contributed by atoms with Gasteiger partial charge < -0.3 is 20.7 Å². The summed E-state index contributed by atoms with van der Waals surface area (Å²) >= 11 is 6.14. The lowest BCUT2D eigenvalue weighted by Crippen LogP contribution is -2.22. The third kappa shape index (κ3) is 5.39. The van der Waals surface area contributed by atoms with E-state index in [0.717, 1.165) is 5.56 Å². The number of anilines is 3. The summed E-state index contributed by atoms with van der Waals surface area (Å²) < 4.78 is 5.23. The SMILES string of the molecule is COc1ccc(NC(C)=O)cc1NC(=O)CNc1ccc(C)cc1Cl. The number of amides is 2. The van der Waals surface area contributed by atoms with E-state index >= 15 is 0 Å². The van der Waals surface area contributed by atoms with Gasteiger partial charge in [-0.3, -0.25) is 9.59 Å². The van der Waals surface area contributed by atoms with Gasteiger partial charge in [-0.1, -0.05) is 17.7 Å². The van der Waals surface area contributed by atoms with E-state index in [2.05, 4.69) is 16.0 Å². The van der Waals surface area contributed by atoms with Gasteiger partial charge in [0.2, 0.25) is 11.8 Å². The van der Waals surface area contributed by atoms with E-state index < -0.39 is 0 Å². The quantitative estimate of drug-likeness (QED) is 0.733. The number of rotatable bonds is 6. The highest BCUT2D eigenvalue weighted by Gasteiger charge is 2.10. The first kappa shape index (κ1) is 18.6. The molecule has 7 heteroatoms. The summed E-state index contributed by atoms with van der Waals surface area (Å²) in [5.41, 5.74) is 2.76. The summed E-state index contributed by atoms with van der Waals surface area (Å²) in [6.07, 6.45) is 0. The van der Waals surface area contributed by atoms with Gasteiger partial charge in [-0.2, -0.15) is 0 Å². The van der Waals surface area contributed by atoms with Gasteiger partial charge in [0.1, 0.15) is 5.75 Å². The number of hydrogen-bond acceptors (Lipinski definition) is 4. The molecule has 0 atom stereocenters. The van der Waals surface area contributed by atoms with E-state index in [1.54, 1.807) is 18.2 Å². The summed E-state index contributed by atoms with van der Waals surface area (Å²) in [5, 5.41) is 8.96. The van der Waals surface area contributed by atoms with E-state index in [4.69, 9.17) is 16.3 Å². The highest BCUT2D eigenvalue weighted by atomic mass is 35.5. The number of carbonyl (C=O) groups is 2. The molecule has 2 aromatic carbocycles. The molecule has 3 N–H and O–H groups in total. The first-order valence-electron chi connectivity index (χ1n) is 7.64. The van der Waals surface area contributed by atoms with Crippen LogP contribution in [0.3, 0.4) is 0 Å². The van der Waals surface area contributed by atoms with Crippen molar-refractivity contribution in [2.24, 2.45) is 0 Å². The second-order valence-corrected chi connectivity index (χ2v) is 5.89. The lowest BCUT2D eigenvalue weighted by atomic mass is 10.2. The maximum absolute atomic E-state index is 12.2. The molecular formula is C18H20ClN3O3. The van der Waals surface area contributed by atoms with Crippen LogP contribution in [0.1, 0.15) is 12.5 Å². The van der Waals surface area contributed by atoms with E-state index in [-0.39, 0.29) is 18.4 Å². The van der Waals surface area contributed by atoms with E-state index in [9.17, 15) is 9.59 Å². The number of nitrogens with one attached hydrogen (secondary N) is 3. The first-order valence-corrected chi connectivity index (χ1v) is 8.02. The van der Waals surface area contributed by atoms with Gasteiger partial charge in [0.15, 0.2) is 0 Å². The molecule has 0 radical (unpaired) electrons. The van der Waals surface area contributed by atoms with Crippen LogP contribution in [-0.2, 0) is 9.59 Å². The smallest absolute Gasteiger partial charge is 0.243 e. The molecule has 0 saturated heterocycles. The van der Waals surface area contributed by atoms with E-state index in [1.165, 1.54) is 14.0 Å². The van der Waals surface area contributed by atoms with Crippen LogP contribution in [0.25, 0.3) is 0 Å². The number of carbonyl (C=O) groups excluding carboxylic acids is 2. The van der Waals surface area contributed by atoms with E-state index in [0.29, 0.717) is 27.8 Å². The Morgan fingerprint density at radius 3 is 2.48 bits per heavy atom. The molecule has 0 saturated carbocycles. The highest BCUT2D eigenvalue weighted by Crippen LogP contribution is 2.28. The number of aryl methyl sites for hydroxylation is 1. The topological polar surface area (TPSA) is 79.5 Å². The Balaban J connectivity index is 2.04. The van der Waals surface area contributed by atoms with Gasteiger partial charge in [-0.25, -0.2) is 0 Å². The van der Waals surface area contributed by atoms with Crippen molar-refractivity contribution < 1.29 is 14.3 Å². The van der Waals surface area contributed by atoms with Gasteiger partial charge >= 0.3 is 0 Å². The van der Waals surface area contributed by atoms with Crippen molar-refractivity contribution in [1.29, 1.82) is 0 Å². The van der Waals surface area contributed by atoms with Gasteiger partial charge in [0.25, 0.3) is 0 Å². The number of hydrogen-bond donors (Lipinski definition) is 3. The molecule has 0 aliphatic carbocycles. The van der Waals surface area contributed by atoms with Crippen LogP contribution in [0.4, 0.5) is 17.1 Å². The number of benzene rings is 2. The third-order valence-corrected chi connectivity index (χ3v) is 3.67. The molecule has 2 aromatic rings. The molecule has 0 bridgehead atoms. The van der Waals surface area contributed by atoms with Gasteiger partial charge in [0, 0.05) is 12.6 Å². The largest absolute Gasteiger partial charge is 0.495 e. The van der Waals surface area contributed by atoms with Gasteiger partial charge in [-0.05, 0) is 42.8 Å². The van der Waals surface area contributed by atoms with Crippen molar-refractivity contribution in [2.75, 3.05) is 29.6 Å². The summed E-state index contributed by atoms with van der Waals surface area (Å²) in [6.45, 7) is 3.39. The molecule has 0 unspecified atom stereocenters. The van der Waals surface area contributed by atoms with Crippen molar-refractivity contribution in [1.82, 2.24) is 0 Å². The standard InChI is InChI=1S/C18H20ClN3O3/c1-11-4-6-15(14(19)8-11)20-10-18(24)22-16-9-13(21-12(2)23)5-7-17(16)25-3/h4-9,20H,10H2,1-3H3,(H,21,23)(H,22,24). The third-order valence-electron chi connectivity index (χ3n) is 3.36. The minimum atomic E-state index is -0.269. The Labute approximate surface area is 151 Å². The van der Waals surface area contributed by atoms with Crippen molar-refractivity contribution in [3.05, 3.63) is 47.0 Å². The van der Waals surface area contributed by atoms with Crippen molar-refractivity contribution >= 4 is 40.5 Å². The molecule has 0 aliphatic rings. The average molecular weight is 362 g/mol. The predicted octanol–water partition coefficient (Wildman–Crippen LogP) is 3.67. The molecule has 2 amide bonds. The normalized spacial score (nSPS) is 10.1. The Kier molecular flexibility index (Phi) is 6.25. The summed E-state index contributed by atoms with van der Waals surface area (Å²) in [6, 6.07) is 10.6. The van der Waals surface area contributed by atoms with Crippen molar-refractivity contribution in [3.8, 4) is 5.75 Å². The Morgan fingerprint density at radius 2 is 1.84 bits per heavy atom. The maximum atomic E-state index is 12.2. The van der Waals surface area contributed by atoms with Crippen LogP contribution in [-0.4, -0.2) is 25.5 Å². The first-order chi connectivity index (χ1) is 11.9. The van der Waals surface area contributed by atoms with Crippen LogP contribution in [0.5, 0.6) is 5.75 Å². The zero-order valence-corrected chi connectivity index (χ0v) is 15.0. The molecule has 6 nitrogen and oxygen atoms in total. The Bertz CT molecular complexity index is 793.